The van der Waals surface area contributed by atoms with E-state index in [1.807, 2.05) is 12.1 Å². The van der Waals surface area contributed by atoms with Gasteiger partial charge in [0, 0.05) is 6.61 Å². The highest BCUT2D eigenvalue weighted by Crippen LogP contribution is 2.46. The molecule has 4 rings (SSSR count). The molecular weight excluding hydrogens is 717 g/mol. The van der Waals surface area contributed by atoms with Crippen molar-refractivity contribution in [1.29, 1.82) is 10.5 Å². The van der Waals surface area contributed by atoms with Crippen LogP contribution in [0.4, 0.5) is 5.82 Å². The molecule has 0 aromatic carbocycles. The summed E-state index contributed by atoms with van der Waals surface area (Å²) >= 11 is 0. The number of aromatic nitrogens is 6. The van der Waals surface area contributed by atoms with E-state index in [-0.39, 0.29) is 23.8 Å². The van der Waals surface area contributed by atoms with Gasteiger partial charge in [0.15, 0.2) is 11.5 Å². The van der Waals surface area contributed by atoms with Gasteiger partial charge in [-0.3, -0.25) is 9.05 Å². The van der Waals surface area contributed by atoms with Crippen LogP contribution in [0.3, 0.4) is 0 Å². The van der Waals surface area contributed by atoms with Crippen LogP contribution in [0.5, 0.6) is 0 Å². The van der Waals surface area contributed by atoms with Gasteiger partial charge < -0.3 is 30.3 Å². The fraction of sp³-hybridized carbons (Fsp3) is 0.722. The first kappa shape index (κ1) is 43.2. The Labute approximate surface area is 317 Å². The number of fused-ring (bicyclic) bond motifs is 1. The standard InChI is InChI=1S/C36H56N9O8P/c1-2-3-4-5-6-7-8-9-10-11-12-13-14-15-16-17-20-50-23-29(44-22-28(21-37)42-43-44)24-51-54(48,49)52-25-31-33(46)34(47)36(26-38,53-31)32-19-18-30-35(39)40-27-41-45(30)32/h18-19,22,27,29,31,33-34,46-47H,2-17,20,23-25H2,1H3,(H,48,49)(H2,39,40,41)/t29-,31-,33-,34-,36+/m1/s1. The number of aliphatic hydroxyl groups excluding tert-OH is 2. The van der Waals surface area contributed by atoms with Crippen molar-refractivity contribution in [3.05, 3.63) is 36.0 Å². The van der Waals surface area contributed by atoms with Gasteiger partial charge in [-0.2, -0.15) is 15.6 Å². The number of nitrogens with two attached hydrogens (primary N) is 1. The quantitative estimate of drug-likeness (QED) is 0.0569. The SMILES string of the molecule is CCCCCCCCCCCCCCCCCCOC[C@H](COP(=O)(O)OC[C@H]1O[C@@](C#N)(c2ccc3c(N)ncnn23)[C@H](O)[C@@H]1O)n1cc(C#N)nn1. The van der Waals surface area contributed by atoms with Crippen molar-refractivity contribution < 1.29 is 38.2 Å². The maximum Gasteiger partial charge on any atom is 0.472 e. The topological polar surface area (TPSA) is 249 Å². The molecule has 3 aromatic rings. The minimum Gasteiger partial charge on any atom is -0.387 e. The molecule has 18 heteroatoms. The number of rotatable bonds is 27. The Morgan fingerprint density at radius 3 is 2.19 bits per heavy atom. The number of unbranched alkanes of at least 4 members (excludes halogenated alkanes) is 15. The van der Waals surface area contributed by atoms with E-state index in [0.717, 1.165) is 25.6 Å². The molecule has 1 fully saturated rings. The predicted molar refractivity (Wildman–Crippen MR) is 197 cm³/mol. The minimum absolute atomic E-state index is 0.0538. The molecule has 4 heterocycles. The average molecular weight is 774 g/mol. The number of ether oxygens (including phenoxy) is 2. The molecule has 1 aliphatic heterocycles. The van der Waals surface area contributed by atoms with Gasteiger partial charge in [0.25, 0.3) is 0 Å². The zero-order chi connectivity index (χ0) is 38.8. The second kappa shape index (κ2) is 22.1. The minimum atomic E-state index is -4.78. The summed E-state index contributed by atoms with van der Waals surface area (Å²) in [6, 6.07) is 6.05. The number of phosphoric ester groups is 1. The van der Waals surface area contributed by atoms with Crippen LogP contribution in [0.25, 0.3) is 5.52 Å². The first-order valence-electron chi connectivity index (χ1n) is 19.2. The van der Waals surface area contributed by atoms with Crippen molar-refractivity contribution in [2.24, 2.45) is 0 Å². The summed E-state index contributed by atoms with van der Waals surface area (Å²) in [5, 5.41) is 52.8. The summed E-state index contributed by atoms with van der Waals surface area (Å²) < 4.78 is 37.6. The van der Waals surface area contributed by atoms with Crippen molar-refractivity contribution in [2.45, 2.75) is 140 Å². The maximum absolute atomic E-state index is 12.9. The van der Waals surface area contributed by atoms with Gasteiger partial charge in [-0.1, -0.05) is 108 Å². The smallest absolute Gasteiger partial charge is 0.387 e. The van der Waals surface area contributed by atoms with E-state index in [1.165, 1.54) is 111 Å². The lowest BCUT2D eigenvalue weighted by molar-refractivity contribution is -0.0646. The lowest BCUT2D eigenvalue weighted by Gasteiger charge is -2.24. The monoisotopic (exact) mass is 773 g/mol. The summed E-state index contributed by atoms with van der Waals surface area (Å²) in [6.07, 6.45) is 18.0. The lowest BCUT2D eigenvalue weighted by Crippen LogP contribution is -2.41. The number of nitriles is 2. The third kappa shape index (κ3) is 12.2. The molecule has 0 aliphatic carbocycles. The highest BCUT2D eigenvalue weighted by molar-refractivity contribution is 7.47. The number of hydrogen-bond acceptors (Lipinski definition) is 14. The number of aliphatic hydroxyl groups is 2. The van der Waals surface area contributed by atoms with Gasteiger partial charge in [-0.15, -0.1) is 5.10 Å². The van der Waals surface area contributed by atoms with Crippen LogP contribution < -0.4 is 5.73 Å². The van der Waals surface area contributed by atoms with Crippen LogP contribution in [0.1, 0.15) is 127 Å². The molecule has 5 N–H and O–H groups in total. The van der Waals surface area contributed by atoms with Crippen LogP contribution >= 0.6 is 7.82 Å². The second-order valence-electron chi connectivity index (χ2n) is 13.9. The van der Waals surface area contributed by atoms with E-state index in [0.29, 0.717) is 12.1 Å². The summed E-state index contributed by atoms with van der Waals surface area (Å²) in [6.45, 7) is 1.68. The van der Waals surface area contributed by atoms with Crippen molar-refractivity contribution in [2.75, 3.05) is 32.2 Å². The number of anilines is 1. The van der Waals surface area contributed by atoms with Gasteiger partial charge in [-0.05, 0) is 18.6 Å². The largest absolute Gasteiger partial charge is 0.472 e. The first-order chi connectivity index (χ1) is 26.2. The Bertz CT molecular complexity index is 1690. The van der Waals surface area contributed by atoms with Crippen LogP contribution in [0.2, 0.25) is 0 Å². The zero-order valence-corrected chi connectivity index (χ0v) is 32.1. The Morgan fingerprint density at radius 2 is 1.59 bits per heavy atom. The van der Waals surface area contributed by atoms with Gasteiger partial charge >= 0.3 is 7.82 Å². The summed E-state index contributed by atoms with van der Waals surface area (Å²) in [5.41, 5.74) is 4.25. The summed E-state index contributed by atoms with van der Waals surface area (Å²) in [4.78, 5) is 14.4. The van der Waals surface area contributed by atoms with Gasteiger partial charge in [0.05, 0.1) is 31.7 Å². The Hall–Kier alpha value is -3.51. The van der Waals surface area contributed by atoms with E-state index < -0.39 is 51.0 Å². The van der Waals surface area contributed by atoms with Gasteiger partial charge in [0.2, 0.25) is 5.60 Å². The Balaban J connectivity index is 1.16. The normalized spacial score (nSPS) is 21.6. The zero-order valence-electron chi connectivity index (χ0n) is 31.2. The fourth-order valence-electron chi connectivity index (χ4n) is 6.61. The molecule has 17 nitrogen and oxygen atoms in total. The van der Waals surface area contributed by atoms with E-state index >= 15 is 0 Å². The van der Waals surface area contributed by atoms with Crippen LogP contribution in [0.15, 0.2) is 24.7 Å². The van der Waals surface area contributed by atoms with Crippen LogP contribution in [0, 0.1) is 22.7 Å². The van der Waals surface area contributed by atoms with Crippen molar-refractivity contribution in [3.8, 4) is 12.1 Å². The third-order valence-electron chi connectivity index (χ3n) is 9.77. The summed E-state index contributed by atoms with van der Waals surface area (Å²) in [5.74, 6) is 0.120. The third-order valence-corrected chi connectivity index (χ3v) is 10.7. The number of nitrogen functional groups attached to an aromatic ring is 1. The maximum atomic E-state index is 12.9. The number of phosphoric acid groups is 1. The molecule has 0 amide bonds. The molecule has 1 aliphatic rings. The fourth-order valence-corrected chi connectivity index (χ4v) is 7.38. The lowest BCUT2D eigenvalue weighted by atomic mass is 9.92. The molecule has 54 heavy (non-hydrogen) atoms. The van der Waals surface area contributed by atoms with Gasteiger partial charge in [-0.25, -0.2) is 18.7 Å². The van der Waals surface area contributed by atoms with Crippen molar-refractivity contribution in [1.82, 2.24) is 29.6 Å². The van der Waals surface area contributed by atoms with Crippen molar-refractivity contribution in [3.63, 3.8) is 0 Å². The first-order valence-corrected chi connectivity index (χ1v) is 20.7. The molecule has 0 saturated carbocycles. The molecule has 298 valence electrons. The van der Waals surface area contributed by atoms with Crippen molar-refractivity contribution >= 4 is 19.2 Å². The van der Waals surface area contributed by atoms with E-state index in [4.69, 9.17) is 24.3 Å². The summed E-state index contributed by atoms with van der Waals surface area (Å²) in [7, 11) is -4.78. The molecule has 1 saturated heterocycles. The number of nitrogens with zero attached hydrogens (tertiary/aromatic N) is 8. The van der Waals surface area contributed by atoms with E-state index in [1.54, 1.807) is 0 Å². The molecule has 0 bridgehead atoms. The number of hydrogen-bond donors (Lipinski definition) is 4. The van der Waals surface area contributed by atoms with E-state index in [9.17, 15) is 30.2 Å². The van der Waals surface area contributed by atoms with Crippen LogP contribution in [-0.4, -0.2) is 89.4 Å². The second-order valence-corrected chi connectivity index (χ2v) is 15.3. The molecule has 1 unspecified atom stereocenters. The van der Waals surface area contributed by atoms with E-state index in [2.05, 4.69) is 27.3 Å². The van der Waals surface area contributed by atoms with Crippen LogP contribution in [-0.2, 0) is 28.7 Å². The Kier molecular flexibility index (Phi) is 17.7. The highest BCUT2D eigenvalue weighted by atomic mass is 31.2. The molecule has 6 atom stereocenters. The highest BCUT2D eigenvalue weighted by Gasteiger charge is 2.58. The molecule has 3 aromatic heterocycles. The average Bonchev–Trinajstić information content (AvgIpc) is 3.89. The van der Waals surface area contributed by atoms with Gasteiger partial charge in [0.1, 0.15) is 48.3 Å². The Morgan fingerprint density at radius 1 is 0.963 bits per heavy atom. The molecular formula is C36H56N9O8P. The predicted octanol–water partition coefficient (Wildman–Crippen LogP) is 5.27. The molecule has 0 spiro atoms. The molecule has 0 radical (unpaired) electrons.